The van der Waals surface area contributed by atoms with Gasteiger partial charge in [-0.05, 0) is 35.4 Å². The van der Waals surface area contributed by atoms with E-state index in [2.05, 4.69) is 18.8 Å². The zero-order valence-corrected chi connectivity index (χ0v) is 24.4. The summed E-state index contributed by atoms with van der Waals surface area (Å²) in [6, 6.07) is 11.2. The lowest BCUT2D eigenvalue weighted by molar-refractivity contribution is -0.148. The molecule has 39 heavy (non-hydrogen) atoms. The van der Waals surface area contributed by atoms with Crippen molar-refractivity contribution in [2.75, 3.05) is 19.1 Å². The minimum absolute atomic E-state index is 0.0212. The van der Waals surface area contributed by atoms with Crippen LogP contribution in [0.4, 0.5) is 0 Å². The second-order valence-corrected chi connectivity index (χ2v) is 10.5. The maximum Gasteiger partial charge on any atom is 0.303 e. The lowest BCUT2D eigenvalue weighted by Crippen LogP contribution is -2.28. The molecule has 2 unspecified atom stereocenters. The Bertz CT molecular complexity index is 1230. The molecule has 0 fully saturated rings. The van der Waals surface area contributed by atoms with E-state index in [9.17, 15) is 9.59 Å². The van der Waals surface area contributed by atoms with Gasteiger partial charge in [0.25, 0.3) is 0 Å². The number of aromatic nitrogens is 2. The van der Waals surface area contributed by atoms with E-state index in [4.69, 9.17) is 53.8 Å². The van der Waals surface area contributed by atoms with E-state index in [1.807, 2.05) is 28.8 Å². The molecule has 0 aliphatic heterocycles. The summed E-state index contributed by atoms with van der Waals surface area (Å²) in [4.78, 5) is 26.7. The van der Waals surface area contributed by atoms with E-state index < -0.39 is 23.6 Å². The third kappa shape index (κ3) is 8.78. The SMILES string of the molecule is CC(=O)OC(CCl)COc1c(Cl)cc(C(C)(C)c2ccc(OCC(Cn3ccnc3)OC(C)=O)cc2)cc1Cl. The smallest absolute Gasteiger partial charge is 0.303 e. The van der Waals surface area contributed by atoms with Crippen LogP contribution >= 0.6 is 34.8 Å². The summed E-state index contributed by atoms with van der Waals surface area (Å²) in [7, 11) is 0. The second-order valence-electron chi connectivity index (χ2n) is 9.42. The Labute approximate surface area is 243 Å². The number of benzene rings is 2. The molecule has 2 aromatic carbocycles. The zero-order chi connectivity index (χ0) is 28.6. The summed E-state index contributed by atoms with van der Waals surface area (Å²) in [5, 5.41) is 0.659. The number of ether oxygens (including phenoxy) is 4. The molecule has 0 saturated heterocycles. The zero-order valence-electron chi connectivity index (χ0n) is 22.2. The lowest BCUT2D eigenvalue weighted by Gasteiger charge is -2.27. The van der Waals surface area contributed by atoms with E-state index in [-0.39, 0.29) is 25.1 Å². The summed E-state index contributed by atoms with van der Waals surface area (Å²) in [6.45, 7) is 7.42. The van der Waals surface area contributed by atoms with Crippen LogP contribution in [0.25, 0.3) is 0 Å². The van der Waals surface area contributed by atoms with Gasteiger partial charge in [-0.1, -0.05) is 49.2 Å². The third-order valence-corrected chi connectivity index (χ3v) is 6.86. The van der Waals surface area contributed by atoms with Gasteiger partial charge in [0.15, 0.2) is 11.9 Å². The maximum atomic E-state index is 11.5. The van der Waals surface area contributed by atoms with Crippen LogP contribution in [0.5, 0.6) is 11.5 Å². The van der Waals surface area contributed by atoms with Crippen molar-refractivity contribution in [3.63, 3.8) is 0 Å². The van der Waals surface area contributed by atoms with Gasteiger partial charge in [-0.15, -0.1) is 11.6 Å². The molecule has 0 bridgehead atoms. The minimum Gasteiger partial charge on any atom is -0.490 e. The summed E-state index contributed by atoms with van der Waals surface area (Å²) >= 11 is 18.9. The fourth-order valence-corrected chi connectivity index (χ4v) is 4.64. The van der Waals surface area contributed by atoms with Gasteiger partial charge in [0.1, 0.15) is 25.1 Å². The van der Waals surface area contributed by atoms with Gasteiger partial charge in [0.05, 0.1) is 28.8 Å². The number of carbonyl (C=O) groups excluding carboxylic acids is 2. The van der Waals surface area contributed by atoms with Crippen LogP contribution in [0.3, 0.4) is 0 Å². The van der Waals surface area contributed by atoms with Gasteiger partial charge in [0.2, 0.25) is 0 Å². The van der Waals surface area contributed by atoms with E-state index in [0.717, 1.165) is 11.1 Å². The van der Waals surface area contributed by atoms with Crippen LogP contribution in [0, 0.1) is 0 Å². The number of rotatable bonds is 13. The van der Waals surface area contributed by atoms with Crippen LogP contribution in [0.15, 0.2) is 55.1 Å². The number of nitrogens with zero attached hydrogens (tertiary/aromatic N) is 2. The van der Waals surface area contributed by atoms with Crippen molar-refractivity contribution in [3.8, 4) is 11.5 Å². The molecule has 0 saturated carbocycles. The van der Waals surface area contributed by atoms with Crippen molar-refractivity contribution < 1.29 is 28.5 Å². The van der Waals surface area contributed by atoms with Gasteiger partial charge in [0, 0.05) is 31.7 Å². The molecule has 1 heterocycles. The topological polar surface area (TPSA) is 88.9 Å². The maximum absolute atomic E-state index is 11.5. The number of esters is 2. The van der Waals surface area contributed by atoms with E-state index in [1.54, 1.807) is 30.9 Å². The third-order valence-electron chi connectivity index (χ3n) is 5.96. The molecular formula is C28H31Cl3N2O6. The summed E-state index contributed by atoms with van der Waals surface area (Å²) in [5.41, 5.74) is 1.42. The Kier molecular flexibility index (Phi) is 10.9. The molecule has 0 amide bonds. The summed E-state index contributed by atoms with van der Waals surface area (Å²) < 4.78 is 24.0. The first kappa shape index (κ1) is 30.6. The molecule has 2 atom stereocenters. The Morgan fingerprint density at radius 3 is 2.05 bits per heavy atom. The highest BCUT2D eigenvalue weighted by atomic mass is 35.5. The molecule has 0 radical (unpaired) electrons. The minimum atomic E-state index is -0.622. The predicted octanol–water partition coefficient (Wildman–Crippen LogP) is 6.08. The van der Waals surface area contributed by atoms with Gasteiger partial charge >= 0.3 is 11.9 Å². The summed E-state index contributed by atoms with van der Waals surface area (Å²) in [6.07, 6.45) is 4.03. The van der Waals surface area contributed by atoms with Gasteiger partial charge in [-0.3, -0.25) is 9.59 Å². The molecule has 0 aliphatic rings. The van der Waals surface area contributed by atoms with Gasteiger partial charge in [-0.25, -0.2) is 4.98 Å². The largest absolute Gasteiger partial charge is 0.490 e. The average Bonchev–Trinajstić information content (AvgIpc) is 3.38. The van der Waals surface area contributed by atoms with E-state index in [0.29, 0.717) is 28.1 Å². The number of hydrogen-bond acceptors (Lipinski definition) is 7. The molecule has 3 aromatic rings. The number of alkyl halides is 1. The number of halogens is 3. The van der Waals surface area contributed by atoms with Gasteiger partial charge in [-0.2, -0.15) is 0 Å². The second kappa shape index (κ2) is 13.9. The highest BCUT2D eigenvalue weighted by Crippen LogP contribution is 2.40. The molecule has 11 heteroatoms. The number of hydrogen-bond donors (Lipinski definition) is 0. The van der Waals surface area contributed by atoms with Crippen LogP contribution in [0.2, 0.25) is 10.0 Å². The standard InChI is InChI=1S/C28H31Cl3N2O6/c1-18(34)38-23(13-29)15-37-27-25(30)11-21(12-26(27)31)28(3,4)20-5-7-22(8-6-20)36-16-24(39-19(2)35)14-33-10-9-32-17-33/h5-12,17,23-24H,13-16H2,1-4H3. The highest BCUT2D eigenvalue weighted by molar-refractivity contribution is 6.37. The predicted molar refractivity (Wildman–Crippen MR) is 150 cm³/mol. The van der Waals surface area contributed by atoms with Crippen molar-refractivity contribution in [2.24, 2.45) is 0 Å². The van der Waals surface area contributed by atoms with Crippen molar-refractivity contribution >= 4 is 46.7 Å². The molecule has 0 N–H and O–H groups in total. The molecule has 8 nitrogen and oxygen atoms in total. The lowest BCUT2D eigenvalue weighted by atomic mass is 9.78. The molecule has 0 aliphatic carbocycles. The monoisotopic (exact) mass is 596 g/mol. The van der Waals surface area contributed by atoms with E-state index >= 15 is 0 Å². The normalized spacial score (nSPS) is 12.9. The Hall–Kier alpha value is -2.94. The highest BCUT2D eigenvalue weighted by Gasteiger charge is 2.26. The Morgan fingerprint density at radius 2 is 1.51 bits per heavy atom. The first-order valence-corrected chi connectivity index (χ1v) is 13.5. The fraction of sp³-hybridized carbons (Fsp3) is 0.393. The first-order chi connectivity index (χ1) is 18.5. The number of imidazole rings is 1. The molecule has 0 spiro atoms. The first-order valence-electron chi connectivity index (χ1n) is 12.2. The van der Waals surface area contributed by atoms with Crippen molar-refractivity contribution in [2.45, 2.75) is 51.9 Å². The average molecular weight is 598 g/mol. The van der Waals surface area contributed by atoms with Crippen LogP contribution in [-0.4, -0.2) is 52.8 Å². The van der Waals surface area contributed by atoms with Crippen LogP contribution < -0.4 is 9.47 Å². The van der Waals surface area contributed by atoms with Crippen molar-refractivity contribution in [1.29, 1.82) is 0 Å². The van der Waals surface area contributed by atoms with Crippen LogP contribution in [-0.2, 0) is 31.0 Å². The molecule has 3 rings (SSSR count). The number of carbonyl (C=O) groups is 2. The molecular weight excluding hydrogens is 567 g/mol. The molecule has 210 valence electrons. The summed E-state index contributed by atoms with van der Waals surface area (Å²) in [5.74, 6) is 0.182. The van der Waals surface area contributed by atoms with Crippen molar-refractivity contribution in [3.05, 3.63) is 76.3 Å². The Morgan fingerprint density at radius 1 is 0.923 bits per heavy atom. The fourth-order valence-electron chi connectivity index (χ4n) is 3.89. The molecule has 1 aromatic heterocycles. The van der Waals surface area contributed by atoms with Crippen LogP contribution in [0.1, 0.15) is 38.8 Å². The quantitative estimate of drug-likeness (QED) is 0.174. The van der Waals surface area contributed by atoms with E-state index in [1.165, 1.54) is 13.8 Å². The van der Waals surface area contributed by atoms with Crippen molar-refractivity contribution in [1.82, 2.24) is 9.55 Å². The Balaban J connectivity index is 1.68. The van der Waals surface area contributed by atoms with Gasteiger partial charge < -0.3 is 23.5 Å².